The molecule has 0 aromatic heterocycles. The minimum absolute atomic E-state index is 0.804. The topological polar surface area (TPSA) is 38.0 Å². The summed E-state index contributed by atoms with van der Waals surface area (Å²) in [6.45, 7) is 3.05. The first-order valence-corrected chi connectivity index (χ1v) is 9.38. The van der Waals surface area contributed by atoms with Crippen molar-refractivity contribution in [3.63, 3.8) is 0 Å². The van der Waals surface area contributed by atoms with Gasteiger partial charge in [0.25, 0.3) is 0 Å². The smallest absolute Gasteiger partial charge is 0.00369 e. The molecule has 0 aliphatic rings. The molecule has 2 heteroatoms. The third kappa shape index (κ3) is 11.8. The average Bonchev–Trinajstić information content (AvgIpc) is 2.56. The van der Waals surface area contributed by atoms with Crippen LogP contribution in [0.2, 0.25) is 0 Å². The standard InChI is InChI=1S/C20H36N2/c21-17-13-19-22-18-12-7-5-3-1-2-4-6-9-14-20-15-10-8-11-16-20/h8,10-11,15-16,22H,1-7,9,12-14,17-19,21H2. The predicted molar refractivity (Wildman–Crippen MR) is 98.2 cm³/mol. The van der Waals surface area contributed by atoms with Gasteiger partial charge in [0.1, 0.15) is 0 Å². The Morgan fingerprint density at radius 1 is 0.636 bits per heavy atom. The van der Waals surface area contributed by atoms with E-state index in [0.29, 0.717) is 0 Å². The Morgan fingerprint density at radius 3 is 1.82 bits per heavy atom. The maximum absolute atomic E-state index is 5.46. The van der Waals surface area contributed by atoms with Gasteiger partial charge in [0.15, 0.2) is 0 Å². The molecule has 0 aliphatic heterocycles. The number of nitrogens with one attached hydrogen (secondary N) is 1. The maximum atomic E-state index is 5.46. The molecule has 3 N–H and O–H groups in total. The molecule has 22 heavy (non-hydrogen) atoms. The van der Waals surface area contributed by atoms with E-state index in [1.807, 2.05) is 0 Å². The summed E-state index contributed by atoms with van der Waals surface area (Å²) in [5.74, 6) is 0. The van der Waals surface area contributed by atoms with E-state index in [1.54, 1.807) is 0 Å². The second kappa shape index (κ2) is 15.1. The number of nitrogens with two attached hydrogens (primary N) is 1. The fourth-order valence-corrected chi connectivity index (χ4v) is 2.81. The summed E-state index contributed by atoms with van der Waals surface area (Å²) >= 11 is 0. The summed E-state index contributed by atoms with van der Waals surface area (Å²) < 4.78 is 0. The van der Waals surface area contributed by atoms with E-state index in [4.69, 9.17) is 5.73 Å². The Bertz CT molecular complexity index is 324. The highest BCUT2D eigenvalue weighted by atomic mass is 14.8. The van der Waals surface area contributed by atoms with Crippen molar-refractivity contribution >= 4 is 0 Å². The zero-order valence-electron chi connectivity index (χ0n) is 14.4. The summed E-state index contributed by atoms with van der Waals surface area (Å²) in [5, 5.41) is 3.45. The minimum atomic E-state index is 0.804. The molecule has 0 amide bonds. The Morgan fingerprint density at radius 2 is 1.18 bits per heavy atom. The Kier molecular flexibility index (Phi) is 13.1. The van der Waals surface area contributed by atoms with Gasteiger partial charge in [0.05, 0.1) is 0 Å². The minimum Gasteiger partial charge on any atom is -0.330 e. The Hall–Kier alpha value is -0.860. The fraction of sp³-hybridized carbons (Fsp3) is 0.700. The van der Waals surface area contributed by atoms with Crippen LogP contribution in [0.4, 0.5) is 0 Å². The SMILES string of the molecule is NCCCNCCCCCCCCCCCc1ccccc1. The van der Waals surface area contributed by atoms with E-state index in [2.05, 4.69) is 35.6 Å². The molecular weight excluding hydrogens is 268 g/mol. The first-order chi connectivity index (χ1) is 10.9. The highest BCUT2D eigenvalue weighted by molar-refractivity contribution is 5.14. The summed E-state index contributed by atoms with van der Waals surface area (Å²) in [4.78, 5) is 0. The third-order valence-corrected chi connectivity index (χ3v) is 4.22. The molecule has 1 aromatic rings. The molecule has 0 saturated carbocycles. The van der Waals surface area contributed by atoms with Crippen molar-refractivity contribution in [2.45, 2.75) is 70.6 Å². The van der Waals surface area contributed by atoms with Gasteiger partial charge >= 0.3 is 0 Å². The Labute approximate surface area is 137 Å². The van der Waals surface area contributed by atoms with Crippen molar-refractivity contribution in [1.29, 1.82) is 0 Å². The molecule has 0 unspecified atom stereocenters. The quantitative estimate of drug-likeness (QED) is 0.462. The molecular formula is C20H36N2. The molecule has 0 radical (unpaired) electrons. The lowest BCUT2D eigenvalue weighted by atomic mass is 10.0. The molecule has 0 fully saturated rings. The van der Waals surface area contributed by atoms with Gasteiger partial charge < -0.3 is 11.1 Å². The van der Waals surface area contributed by atoms with Crippen LogP contribution in [0.15, 0.2) is 30.3 Å². The zero-order chi connectivity index (χ0) is 15.7. The van der Waals surface area contributed by atoms with Gasteiger partial charge in [0.2, 0.25) is 0 Å². The normalized spacial score (nSPS) is 11.0. The average molecular weight is 305 g/mol. The van der Waals surface area contributed by atoms with Crippen LogP contribution in [0.1, 0.15) is 69.8 Å². The molecule has 0 heterocycles. The fourth-order valence-electron chi connectivity index (χ4n) is 2.81. The summed E-state index contributed by atoms with van der Waals surface area (Å²) in [7, 11) is 0. The van der Waals surface area contributed by atoms with Gasteiger partial charge in [0, 0.05) is 0 Å². The highest BCUT2D eigenvalue weighted by Gasteiger charge is 1.95. The molecule has 0 aliphatic carbocycles. The lowest BCUT2D eigenvalue weighted by Crippen LogP contribution is -2.19. The van der Waals surface area contributed by atoms with Crippen LogP contribution in [-0.2, 0) is 6.42 Å². The number of rotatable bonds is 15. The molecule has 1 aromatic carbocycles. The zero-order valence-corrected chi connectivity index (χ0v) is 14.4. The van der Waals surface area contributed by atoms with Gasteiger partial charge in [-0.1, -0.05) is 75.3 Å². The molecule has 0 atom stereocenters. The summed E-state index contributed by atoms with van der Waals surface area (Å²) in [5.41, 5.74) is 6.95. The van der Waals surface area contributed by atoms with Crippen LogP contribution < -0.4 is 11.1 Å². The van der Waals surface area contributed by atoms with Gasteiger partial charge in [-0.25, -0.2) is 0 Å². The number of hydrogen-bond acceptors (Lipinski definition) is 2. The second-order valence-electron chi connectivity index (χ2n) is 6.31. The van der Waals surface area contributed by atoms with E-state index < -0.39 is 0 Å². The first-order valence-electron chi connectivity index (χ1n) is 9.38. The van der Waals surface area contributed by atoms with Crippen LogP contribution in [0, 0.1) is 0 Å². The largest absolute Gasteiger partial charge is 0.330 e. The number of aryl methyl sites for hydroxylation is 1. The molecule has 126 valence electrons. The predicted octanol–water partition coefficient (Wildman–Crippen LogP) is 4.68. The van der Waals surface area contributed by atoms with Crippen molar-refractivity contribution in [3.8, 4) is 0 Å². The highest BCUT2D eigenvalue weighted by Crippen LogP contribution is 2.11. The monoisotopic (exact) mass is 304 g/mol. The Balaban J connectivity index is 1.73. The van der Waals surface area contributed by atoms with Gasteiger partial charge in [-0.05, 0) is 50.9 Å². The van der Waals surface area contributed by atoms with Crippen LogP contribution in [0.5, 0.6) is 0 Å². The van der Waals surface area contributed by atoms with E-state index in [9.17, 15) is 0 Å². The molecule has 2 nitrogen and oxygen atoms in total. The van der Waals surface area contributed by atoms with Crippen molar-refractivity contribution in [3.05, 3.63) is 35.9 Å². The van der Waals surface area contributed by atoms with Gasteiger partial charge in [-0.15, -0.1) is 0 Å². The number of benzene rings is 1. The van der Waals surface area contributed by atoms with Gasteiger partial charge in [-0.3, -0.25) is 0 Å². The van der Waals surface area contributed by atoms with Crippen LogP contribution in [0.3, 0.4) is 0 Å². The third-order valence-electron chi connectivity index (χ3n) is 4.22. The summed E-state index contributed by atoms with van der Waals surface area (Å²) in [6, 6.07) is 10.9. The molecule has 1 rings (SSSR count). The van der Waals surface area contributed by atoms with Crippen molar-refractivity contribution in [1.82, 2.24) is 5.32 Å². The maximum Gasteiger partial charge on any atom is -0.00369 e. The number of unbranched alkanes of at least 4 members (excludes halogenated alkanes) is 8. The molecule has 0 spiro atoms. The van der Waals surface area contributed by atoms with Crippen LogP contribution >= 0.6 is 0 Å². The lowest BCUT2D eigenvalue weighted by molar-refractivity contribution is 0.543. The van der Waals surface area contributed by atoms with E-state index in [0.717, 1.165) is 19.5 Å². The van der Waals surface area contributed by atoms with E-state index >= 15 is 0 Å². The van der Waals surface area contributed by atoms with Crippen molar-refractivity contribution in [2.24, 2.45) is 5.73 Å². The van der Waals surface area contributed by atoms with Crippen LogP contribution in [-0.4, -0.2) is 19.6 Å². The lowest BCUT2D eigenvalue weighted by Gasteiger charge is -2.04. The van der Waals surface area contributed by atoms with Crippen molar-refractivity contribution in [2.75, 3.05) is 19.6 Å². The van der Waals surface area contributed by atoms with Crippen molar-refractivity contribution < 1.29 is 0 Å². The first kappa shape index (κ1) is 19.2. The van der Waals surface area contributed by atoms with Crippen LogP contribution in [0.25, 0.3) is 0 Å². The van der Waals surface area contributed by atoms with E-state index in [1.165, 1.54) is 76.3 Å². The van der Waals surface area contributed by atoms with E-state index in [-0.39, 0.29) is 0 Å². The molecule has 0 saturated heterocycles. The second-order valence-corrected chi connectivity index (χ2v) is 6.31. The van der Waals surface area contributed by atoms with Gasteiger partial charge in [-0.2, -0.15) is 0 Å². The summed E-state index contributed by atoms with van der Waals surface area (Å²) in [6.07, 6.45) is 14.9. The number of hydrogen-bond donors (Lipinski definition) is 2. The molecule has 0 bridgehead atoms.